The van der Waals surface area contributed by atoms with Crippen LogP contribution in [0.1, 0.15) is 27.7 Å². The fourth-order valence-electron chi connectivity index (χ4n) is 1.56. The summed E-state index contributed by atoms with van der Waals surface area (Å²) >= 11 is 0. The Morgan fingerprint density at radius 2 is 1.95 bits per heavy atom. The predicted octanol–water partition coefficient (Wildman–Crippen LogP) is 1.14. The minimum absolute atomic E-state index is 0.0594. The van der Waals surface area contributed by atoms with Crippen LogP contribution in [0.15, 0.2) is 11.8 Å². The van der Waals surface area contributed by atoms with Gasteiger partial charge in [0.2, 0.25) is 0 Å². The highest BCUT2D eigenvalue weighted by molar-refractivity contribution is 5.92. The van der Waals surface area contributed by atoms with Crippen molar-refractivity contribution < 1.29 is 29.0 Å². The van der Waals surface area contributed by atoms with E-state index in [4.69, 9.17) is 14.6 Å². The lowest BCUT2D eigenvalue weighted by molar-refractivity contribution is -0.144. The Kier molecular flexibility index (Phi) is 4.18. The van der Waals surface area contributed by atoms with E-state index in [1.54, 1.807) is 20.8 Å². The molecule has 1 amide bonds. The number of hydrogen-bond donors (Lipinski definition) is 1. The molecule has 0 unspecified atom stereocenters. The molecule has 0 spiro atoms. The first-order valence-electron chi connectivity index (χ1n) is 5.73. The molecule has 0 saturated carbocycles. The molecule has 0 aromatic rings. The summed E-state index contributed by atoms with van der Waals surface area (Å²) in [6.45, 7) is 6.18. The lowest BCUT2D eigenvalue weighted by atomic mass is 10.2. The Bertz CT molecular complexity index is 434. The number of carboxylic acid groups (broad SMARTS) is 1. The number of amides is 1. The molecule has 19 heavy (non-hydrogen) atoms. The van der Waals surface area contributed by atoms with E-state index < -0.39 is 29.7 Å². The minimum Gasteiger partial charge on any atom is -0.477 e. The summed E-state index contributed by atoms with van der Waals surface area (Å²) in [5.41, 5.74) is -0.985. The maximum absolute atomic E-state index is 11.9. The van der Waals surface area contributed by atoms with E-state index >= 15 is 0 Å². The molecule has 1 heterocycles. The Morgan fingerprint density at radius 3 is 2.37 bits per heavy atom. The third-order valence-corrected chi connectivity index (χ3v) is 2.15. The molecule has 0 aliphatic carbocycles. The summed E-state index contributed by atoms with van der Waals surface area (Å²) < 4.78 is 9.97. The van der Waals surface area contributed by atoms with Crippen molar-refractivity contribution in [2.24, 2.45) is 0 Å². The van der Waals surface area contributed by atoms with Crippen molar-refractivity contribution in [3.05, 3.63) is 11.8 Å². The topological polar surface area (TPSA) is 93.1 Å². The van der Waals surface area contributed by atoms with Crippen LogP contribution in [0.25, 0.3) is 0 Å². The van der Waals surface area contributed by atoms with Gasteiger partial charge in [0.05, 0.1) is 6.54 Å². The summed E-state index contributed by atoms with van der Waals surface area (Å²) in [6.07, 6.45) is -0.333. The summed E-state index contributed by atoms with van der Waals surface area (Å²) in [5, 5.41) is 9.02. The van der Waals surface area contributed by atoms with Crippen molar-refractivity contribution >= 4 is 18.0 Å². The molecule has 1 aliphatic rings. The molecular weight excluding hydrogens is 254 g/mol. The molecule has 1 N–H and O–H groups in total. The van der Waals surface area contributed by atoms with Crippen LogP contribution in [0.2, 0.25) is 0 Å². The first-order chi connectivity index (χ1) is 8.60. The van der Waals surface area contributed by atoms with Crippen molar-refractivity contribution in [1.29, 1.82) is 0 Å². The number of aliphatic carboxylic acids is 1. The SMILES string of the molecule is CC(=O)O[C@@H]1C=C(C(=O)O)N(C(=O)OC(C)(C)C)C1. The van der Waals surface area contributed by atoms with E-state index in [1.807, 2.05) is 0 Å². The zero-order chi connectivity index (χ0) is 14.8. The van der Waals surface area contributed by atoms with Gasteiger partial charge in [-0.15, -0.1) is 0 Å². The third kappa shape index (κ3) is 4.27. The predicted molar refractivity (Wildman–Crippen MR) is 64.2 cm³/mol. The molecule has 1 atom stereocenters. The van der Waals surface area contributed by atoms with Crippen LogP contribution in [0.4, 0.5) is 4.79 Å². The monoisotopic (exact) mass is 271 g/mol. The van der Waals surface area contributed by atoms with Gasteiger partial charge in [0.15, 0.2) is 0 Å². The summed E-state index contributed by atoms with van der Waals surface area (Å²) in [6, 6.07) is 0. The molecule has 1 rings (SSSR count). The Balaban J connectivity index is 2.84. The highest BCUT2D eigenvalue weighted by Crippen LogP contribution is 2.21. The molecule has 1 aliphatic heterocycles. The molecule has 0 radical (unpaired) electrons. The molecule has 7 nitrogen and oxygen atoms in total. The van der Waals surface area contributed by atoms with Crippen LogP contribution in [0.3, 0.4) is 0 Å². The zero-order valence-corrected chi connectivity index (χ0v) is 11.3. The Morgan fingerprint density at radius 1 is 1.37 bits per heavy atom. The average Bonchev–Trinajstić information content (AvgIpc) is 2.57. The van der Waals surface area contributed by atoms with E-state index in [0.717, 1.165) is 4.90 Å². The van der Waals surface area contributed by atoms with Crippen molar-refractivity contribution in [2.75, 3.05) is 6.54 Å². The molecule has 7 heteroatoms. The normalized spacial score (nSPS) is 18.8. The third-order valence-electron chi connectivity index (χ3n) is 2.15. The molecule has 0 bridgehead atoms. The number of esters is 1. The molecular formula is C12H17NO6. The lowest BCUT2D eigenvalue weighted by Crippen LogP contribution is -2.38. The summed E-state index contributed by atoms with van der Waals surface area (Å²) in [5.74, 6) is -1.82. The quantitative estimate of drug-likeness (QED) is 0.757. The van der Waals surface area contributed by atoms with Crippen LogP contribution in [-0.2, 0) is 19.1 Å². The van der Waals surface area contributed by atoms with E-state index in [9.17, 15) is 14.4 Å². The van der Waals surface area contributed by atoms with Gasteiger partial charge in [-0.2, -0.15) is 0 Å². The maximum atomic E-state index is 11.9. The van der Waals surface area contributed by atoms with Gasteiger partial charge in [0, 0.05) is 6.92 Å². The lowest BCUT2D eigenvalue weighted by Gasteiger charge is -2.25. The molecule has 0 fully saturated rings. The molecule has 0 aromatic carbocycles. The van der Waals surface area contributed by atoms with E-state index in [2.05, 4.69) is 0 Å². The number of nitrogens with zero attached hydrogens (tertiary/aromatic N) is 1. The van der Waals surface area contributed by atoms with Crippen molar-refractivity contribution in [2.45, 2.75) is 39.4 Å². The second kappa shape index (κ2) is 5.29. The summed E-state index contributed by atoms with van der Waals surface area (Å²) in [7, 11) is 0. The van der Waals surface area contributed by atoms with Crippen LogP contribution < -0.4 is 0 Å². The van der Waals surface area contributed by atoms with Crippen molar-refractivity contribution in [3.63, 3.8) is 0 Å². The highest BCUT2D eigenvalue weighted by atomic mass is 16.6. The van der Waals surface area contributed by atoms with Crippen molar-refractivity contribution in [1.82, 2.24) is 4.90 Å². The number of rotatable bonds is 2. The second-order valence-electron chi connectivity index (χ2n) is 5.10. The number of carbonyl (C=O) groups is 3. The van der Waals surface area contributed by atoms with E-state index in [1.165, 1.54) is 13.0 Å². The van der Waals surface area contributed by atoms with Gasteiger partial charge in [-0.25, -0.2) is 9.59 Å². The van der Waals surface area contributed by atoms with E-state index in [-0.39, 0.29) is 12.2 Å². The highest BCUT2D eigenvalue weighted by Gasteiger charge is 2.36. The number of hydrogen-bond acceptors (Lipinski definition) is 5. The minimum atomic E-state index is -1.28. The number of carboxylic acids is 1. The Labute approximate surface area is 110 Å². The van der Waals surface area contributed by atoms with Gasteiger partial charge < -0.3 is 14.6 Å². The van der Waals surface area contributed by atoms with Gasteiger partial charge in [0.25, 0.3) is 0 Å². The van der Waals surface area contributed by atoms with Crippen LogP contribution >= 0.6 is 0 Å². The van der Waals surface area contributed by atoms with Gasteiger partial charge in [-0.05, 0) is 26.8 Å². The van der Waals surface area contributed by atoms with Gasteiger partial charge in [-0.3, -0.25) is 9.69 Å². The average molecular weight is 271 g/mol. The van der Waals surface area contributed by atoms with Gasteiger partial charge in [-0.1, -0.05) is 0 Å². The zero-order valence-electron chi connectivity index (χ0n) is 11.3. The second-order valence-corrected chi connectivity index (χ2v) is 5.10. The fraction of sp³-hybridized carbons (Fsp3) is 0.583. The maximum Gasteiger partial charge on any atom is 0.415 e. The van der Waals surface area contributed by atoms with Crippen LogP contribution in [0.5, 0.6) is 0 Å². The Hall–Kier alpha value is -2.05. The number of carbonyl (C=O) groups excluding carboxylic acids is 2. The first kappa shape index (κ1) is 15.0. The van der Waals surface area contributed by atoms with Gasteiger partial charge in [0.1, 0.15) is 17.4 Å². The first-order valence-corrected chi connectivity index (χ1v) is 5.73. The van der Waals surface area contributed by atoms with E-state index in [0.29, 0.717) is 0 Å². The standard InChI is InChI=1S/C12H17NO6/c1-7(14)18-8-5-9(10(15)16)13(6-8)11(17)19-12(2,3)4/h5,8H,6H2,1-4H3,(H,15,16)/t8-/m1/s1. The van der Waals surface area contributed by atoms with Crippen LogP contribution in [-0.4, -0.2) is 46.3 Å². The van der Waals surface area contributed by atoms with Gasteiger partial charge >= 0.3 is 18.0 Å². The smallest absolute Gasteiger partial charge is 0.415 e. The fourth-order valence-corrected chi connectivity index (χ4v) is 1.56. The molecule has 0 aromatic heterocycles. The molecule has 106 valence electrons. The molecule has 0 saturated heterocycles. The summed E-state index contributed by atoms with van der Waals surface area (Å²) in [4.78, 5) is 34.7. The van der Waals surface area contributed by atoms with Crippen LogP contribution in [0, 0.1) is 0 Å². The number of ether oxygens (including phenoxy) is 2. The largest absolute Gasteiger partial charge is 0.477 e. The van der Waals surface area contributed by atoms with Crippen molar-refractivity contribution in [3.8, 4) is 0 Å².